The van der Waals surface area contributed by atoms with Crippen LogP contribution in [-0.2, 0) is 0 Å². The van der Waals surface area contributed by atoms with Crippen molar-refractivity contribution in [3.63, 3.8) is 0 Å². The van der Waals surface area contributed by atoms with Gasteiger partial charge in [-0.2, -0.15) is 0 Å². The maximum Gasteiger partial charge on any atom is 0.256 e. The highest BCUT2D eigenvalue weighted by Gasteiger charge is 2.36. The van der Waals surface area contributed by atoms with E-state index in [0.717, 1.165) is 37.4 Å². The zero-order valence-electron chi connectivity index (χ0n) is 13.3. The molecule has 122 valence electrons. The molecular weight excluding hydrogens is 291 g/mol. The normalized spacial score (nSPS) is 30.1. The molecule has 1 aliphatic heterocycles. The van der Waals surface area contributed by atoms with E-state index in [-0.39, 0.29) is 11.5 Å². The van der Waals surface area contributed by atoms with Gasteiger partial charge in [-0.25, -0.2) is 4.39 Å². The first-order valence-corrected chi connectivity index (χ1v) is 8.65. The Kier molecular flexibility index (Phi) is 3.93. The van der Waals surface area contributed by atoms with Crippen LogP contribution in [0.15, 0.2) is 36.4 Å². The standard InChI is InChI=1S/C19H23FN2O/c20-18-4-2-1-3-17(18)19(23)22-9-7-21(8-10-22)13-16-12-14-5-6-15(16)11-14/h1-6,14-16H,7-13H2/t14-,15-,16-/m0/s1. The highest BCUT2D eigenvalue weighted by atomic mass is 19.1. The first kappa shape index (κ1) is 14.9. The van der Waals surface area contributed by atoms with Gasteiger partial charge in [-0.1, -0.05) is 24.3 Å². The topological polar surface area (TPSA) is 23.6 Å². The van der Waals surface area contributed by atoms with Gasteiger partial charge < -0.3 is 4.90 Å². The lowest BCUT2D eigenvalue weighted by atomic mass is 9.93. The summed E-state index contributed by atoms with van der Waals surface area (Å²) in [6, 6.07) is 6.26. The lowest BCUT2D eigenvalue weighted by Crippen LogP contribution is -2.50. The SMILES string of the molecule is O=C(c1ccccc1F)N1CCN(C[C@@H]2C[C@H]3C=C[C@H]2C3)CC1. The fourth-order valence-electron chi connectivity index (χ4n) is 4.37. The molecule has 0 aromatic heterocycles. The van der Waals surface area contributed by atoms with Crippen molar-refractivity contribution in [2.75, 3.05) is 32.7 Å². The van der Waals surface area contributed by atoms with Crippen LogP contribution in [0, 0.1) is 23.6 Å². The van der Waals surface area contributed by atoms with Crippen LogP contribution in [-0.4, -0.2) is 48.4 Å². The molecular formula is C19H23FN2O. The number of fused-ring (bicyclic) bond motifs is 2. The Bertz CT molecular complexity index is 622. The zero-order valence-corrected chi connectivity index (χ0v) is 13.3. The van der Waals surface area contributed by atoms with Crippen LogP contribution in [0.1, 0.15) is 23.2 Å². The molecule has 4 heteroatoms. The molecule has 1 saturated heterocycles. The van der Waals surface area contributed by atoms with E-state index in [0.29, 0.717) is 13.1 Å². The molecule has 0 unspecified atom stereocenters. The van der Waals surface area contributed by atoms with Crippen molar-refractivity contribution in [2.45, 2.75) is 12.8 Å². The second-order valence-corrected chi connectivity index (χ2v) is 7.11. The summed E-state index contributed by atoms with van der Waals surface area (Å²) >= 11 is 0. The molecule has 23 heavy (non-hydrogen) atoms. The molecule has 3 aliphatic rings. The Morgan fingerprint density at radius 3 is 2.52 bits per heavy atom. The smallest absolute Gasteiger partial charge is 0.256 e. The largest absolute Gasteiger partial charge is 0.336 e. The highest BCUT2D eigenvalue weighted by Crippen LogP contribution is 2.43. The van der Waals surface area contributed by atoms with Crippen LogP contribution >= 0.6 is 0 Å². The summed E-state index contributed by atoms with van der Waals surface area (Å²) in [5.74, 6) is 1.78. The molecule has 0 spiro atoms. The van der Waals surface area contributed by atoms with E-state index in [2.05, 4.69) is 17.1 Å². The van der Waals surface area contributed by atoms with E-state index in [4.69, 9.17) is 0 Å². The fourth-order valence-corrected chi connectivity index (χ4v) is 4.37. The Balaban J connectivity index is 1.32. The number of hydrogen-bond donors (Lipinski definition) is 0. The number of amides is 1. The van der Waals surface area contributed by atoms with Gasteiger partial charge in [0.15, 0.2) is 0 Å². The van der Waals surface area contributed by atoms with Crippen molar-refractivity contribution in [3.05, 3.63) is 47.8 Å². The second-order valence-electron chi connectivity index (χ2n) is 7.11. The van der Waals surface area contributed by atoms with Crippen LogP contribution in [0.2, 0.25) is 0 Å². The number of piperazine rings is 1. The maximum absolute atomic E-state index is 13.8. The minimum absolute atomic E-state index is 0.175. The Morgan fingerprint density at radius 1 is 1.09 bits per heavy atom. The van der Waals surface area contributed by atoms with E-state index < -0.39 is 5.82 Å². The quantitative estimate of drug-likeness (QED) is 0.801. The number of hydrogen-bond acceptors (Lipinski definition) is 2. The first-order chi connectivity index (χ1) is 11.2. The van der Waals surface area contributed by atoms with Gasteiger partial charge in [0, 0.05) is 32.7 Å². The maximum atomic E-state index is 13.8. The Labute approximate surface area is 136 Å². The molecule has 1 saturated carbocycles. The third kappa shape index (κ3) is 2.92. The number of benzene rings is 1. The summed E-state index contributed by atoms with van der Waals surface area (Å²) in [6.45, 7) is 4.34. The van der Waals surface area contributed by atoms with E-state index in [1.807, 2.05) is 0 Å². The van der Waals surface area contributed by atoms with Gasteiger partial charge in [0.2, 0.25) is 0 Å². The second kappa shape index (κ2) is 6.08. The molecule has 1 amide bonds. The number of carbonyl (C=O) groups is 1. The molecule has 1 heterocycles. The molecule has 0 N–H and O–H groups in total. The third-order valence-electron chi connectivity index (χ3n) is 5.67. The van der Waals surface area contributed by atoms with Gasteiger partial charge >= 0.3 is 0 Å². The number of rotatable bonds is 3. The number of halogens is 1. The van der Waals surface area contributed by atoms with Crippen LogP contribution in [0.25, 0.3) is 0 Å². The number of carbonyl (C=O) groups excluding carboxylic acids is 1. The van der Waals surface area contributed by atoms with Gasteiger partial charge in [-0.15, -0.1) is 0 Å². The van der Waals surface area contributed by atoms with Gasteiger partial charge in [0.25, 0.3) is 5.91 Å². The predicted molar refractivity (Wildman–Crippen MR) is 87.6 cm³/mol. The summed E-state index contributed by atoms with van der Waals surface area (Å²) < 4.78 is 13.8. The fraction of sp³-hybridized carbons (Fsp3) is 0.526. The average Bonchev–Trinajstić information content (AvgIpc) is 3.18. The number of allylic oxidation sites excluding steroid dienone is 2. The molecule has 0 radical (unpaired) electrons. The number of nitrogens with zero attached hydrogens (tertiary/aromatic N) is 2. The van der Waals surface area contributed by atoms with Crippen molar-refractivity contribution >= 4 is 5.91 Å². The average molecular weight is 314 g/mol. The van der Waals surface area contributed by atoms with E-state index in [1.54, 1.807) is 23.1 Å². The summed E-state index contributed by atoms with van der Waals surface area (Å²) in [7, 11) is 0. The predicted octanol–water partition coefficient (Wildman–Crippen LogP) is 2.80. The summed E-state index contributed by atoms with van der Waals surface area (Å²) in [5, 5.41) is 0. The summed E-state index contributed by atoms with van der Waals surface area (Å²) in [4.78, 5) is 16.7. The van der Waals surface area contributed by atoms with Gasteiger partial charge in [-0.3, -0.25) is 9.69 Å². The van der Waals surface area contributed by atoms with Crippen molar-refractivity contribution in [1.29, 1.82) is 0 Å². The molecule has 4 rings (SSSR count). The van der Waals surface area contributed by atoms with Crippen molar-refractivity contribution < 1.29 is 9.18 Å². The lowest BCUT2D eigenvalue weighted by molar-refractivity contribution is 0.0606. The van der Waals surface area contributed by atoms with Crippen molar-refractivity contribution in [3.8, 4) is 0 Å². The first-order valence-electron chi connectivity index (χ1n) is 8.65. The van der Waals surface area contributed by atoms with Gasteiger partial charge in [0.1, 0.15) is 5.82 Å². The zero-order chi connectivity index (χ0) is 15.8. The third-order valence-corrected chi connectivity index (χ3v) is 5.67. The lowest BCUT2D eigenvalue weighted by Gasteiger charge is -2.37. The highest BCUT2D eigenvalue weighted by molar-refractivity contribution is 5.94. The van der Waals surface area contributed by atoms with E-state index in [9.17, 15) is 9.18 Å². The van der Waals surface area contributed by atoms with Crippen LogP contribution in [0.5, 0.6) is 0 Å². The molecule has 3 atom stereocenters. The molecule has 1 aromatic rings. The van der Waals surface area contributed by atoms with E-state index in [1.165, 1.54) is 18.9 Å². The minimum atomic E-state index is -0.423. The molecule has 2 aliphatic carbocycles. The van der Waals surface area contributed by atoms with Crippen LogP contribution in [0.4, 0.5) is 4.39 Å². The van der Waals surface area contributed by atoms with Crippen molar-refractivity contribution in [1.82, 2.24) is 9.80 Å². The van der Waals surface area contributed by atoms with Gasteiger partial charge in [0.05, 0.1) is 5.56 Å². The molecule has 2 fully saturated rings. The van der Waals surface area contributed by atoms with Gasteiger partial charge in [-0.05, 0) is 42.7 Å². The van der Waals surface area contributed by atoms with E-state index >= 15 is 0 Å². The summed E-state index contributed by atoms with van der Waals surface area (Å²) in [6.07, 6.45) is 7.45. The molecule has 3 nitrogen and oxygen atoms in total. The molecule has 2 bridgehead atoms. The van der Waals surface area contributed by atoms with Crippen LogP contribution in [0.3, 0.4) is 0 Å². The summed E-state index contributed by atoms with van der Waals surface area (Å²) in [5.41, 5.74) is 0.194. The van der Waals surface area contributed by atoms with Crippen molar-refractivity contribution in [2.24, 2.45) is 17.8 Å². The Hall–Kier alpha value is -1.68. The monoisotopic (exact) mass is 314 g/mol. The molecule has 1 aromatic carbocycles. The Morgan fingerprint density at radius 2 is 1.87 bits per heavy atom. The minimum Gasteiger partial charge on any atom is -0.336 e. The van der Waals surface area contributed by atoms with Crippen LogP contribution < -0.4 is 0 Å².